The van der Waals surface area contributed by atoms with Crippen LogP contribution >= 0.6 is 0 Å². The molecule has 1 fully saturated rings. The van der Waals surface area contributed by atoms with E-state index in [0.717, 1.165) is 27.7 Å². The van der Waals surface area contributed by atoms with Crippen LogP contribution in [0.3, 0.4) is 0 Å². The van der Waals surface area contributed by atoms with Crippen molar-refractivity contribution in [1.29, 1.82) is 0 Å². The number of halogens is 3. The Hall–Kier alpha value is -3.28. The molecule has 31 heavy (non-hydrogen) atoms. The van der Waals surface area contributed by atoms with Gasteiger partial charge in [0.15, 0.2) is 0 Å². The Morgan fingerprint density at radius 2 is 1.74 bits per heavy atom. The highest BCUT2D eigenvalue weighted by Crippen LogP contribution is 2.44. The molecule has 0 bridgehead atoms. The number of aryl methyl sites for hydroxylation is 1. The van der Waals surface area contributed by atoms with Gasteiger partial charge in [-0.2, -0.15) is 18.3 Å². The number of hydrogen-bond acceptors (Lipinski definition) is 1. The van der Waals surface area contributed by atoms with Gasteiger partial charge in [0.05, 0.1) is 11.4 Å². The number of H-pyrrole nitrogens is 1. The molecule has 2 heterocycles. The van der Waals surface area contributed by atoms with Crippen molar-refractivity contribution in [3.05, 3.63) is 94.9 Å². The second-order valence-electron chi connectivity index (χ2n) is 8.18. The number of nitrogens with zero attached hydrogens (tertiary/aromatic N) is 2. The predicted octanol–water partition coefficient (Wildman–Crippen LogP) is 6.66. The molecule has 0 saturated heterocycles. The molecule has 0 spiro atoms. The third kappa shape index (κ3) is 4.02. The standard InChI is InChI=1S/C25H22F3N3/c1-16-14-24(25(26,27)28)31(30-16)20-11-6-17(7-12-20)15-19-10-13-23(29-19)22-5-3-2-4-21(22)18-8-9-18/h2-7,10-14,18,29H,8-9,15H2,1H3. The van der Waals surface area contributed by atoms with E-state index in [1.165, 1.54) is 24.0 Å². The summed E-state index contributed by atoms with van der Waals surface area (Å²) in [6.45, 7) is 1.56. The van der Waals surface area contributed by atoms with Crippen molar-refractivity contribution in [2.45, 2.75) is 38.3 Å². The van der Waals surface area contributed by atoms with E-state index in [4.69, 9.17) is 0 Å². The first-order chi connectivity index (χ1) is 14.9. The van der Waals surface area contributed by atoms with Crippen LogP contribution in [0.2, 0.25) is 0 Å². The van der Waals surface area contributed by atoms with Crippen molar-refractivity contribution >= 4 is 0 Å². The normalized spacial score (nSPS) is 14.2. The van der Waals surface area contributed by atoms with E-state index in [9.17, 15) is 13.2 Å². The Morgan fingerprint density at radius 3 is 2.45 bits per heavy atom. The maximum absolute atomic E-state index is 13.3. The van der Waals surface area contributed by atoms with E-state index in [-0.39, 0.29) is 0 Å². The summed E-state index contributed by atoms with van der Waals surface area (Å²) in [5.74, 6) is 0.669. The Balaban J connectivity index is 1.36. The van der Waals surface area contributed by atoms with E-state index < -0.39 is 11.9 Å². The van der Waals surface area contributed by atoms with Crippen molar-refractivity contribution in [3.63, 3.8) is 0 Å². The lowest BCUT2D eigenvalue weighted by molar-refractivity contribution is -0.142. The maximum atomic E-state index is 13.3. The topological polar surface area (TPSA) is 33.6 Å². The van der Waals surface area contributed by atoms with Crippen LogP contribution in [-0.2, 0) is 12.6 Å². The lowest BCUT2D eigenvalue weighted by Gasteiger charge is -2.11. The average molecular weight is 421 g/mol. The number of alkyl halides is 3. The summed E-state index contributed by atoms with van der Waals surface area (Å²) >= 11 is 0. The van der Waals surface area contributed by atoms with Gasteiger partial charge in [-0.25, -0.2) is 4.68 Å². The smallest absolute Gasteiger partial charge is 0.358 e. The zero-order valence-electron chi connectivity index (χ0n) is 17.1. The molecule has 6 heteroatoms. The van der Waals surface area contributed by atoms with Gasteiger partial charge in [-0.3, -0.25) is 0 Å². The average Bonchev–Trinajstić information content (AvgIpc) is 3.36. The van der Waals surface area contributed by atoms with Crippen LogP contribution in [0.15, 0.2) is 66.7 Å². The van der Waals surface area contributed by atoms with Crippen LogP contribution in [0.4, 0.5) is 13.2 Å². The van der Waals surface area contributed by atoms with Crippen LogP contribution in [0.25, 0.3) is 16.9 Å². The Kier molecular flexibility index (Phi) is 4.73. The monoisotopic (exact) mass is 421 g/mol. The summed E-state index contributed by atoms with van der Waals surface area (Å²) in [4.78, 5) is 3.51. The number of aromatic amines is 1. The predicted molar refractivity (Wildman–Crippen MR) is 114 cm³/mol. The molecule has 0 atom stereocenters. The number of aromatic nitrogens is 3. The number of nitrogens with one attached hydrogen (secondary N) is 1. The summed E-state index contributed by atoms with van der Waals surface area (Å²) in [6.07, 6.45) is -1.26. The fourth-order valence-electron chi connectivity index (χ4n) is 4.07. The third-order valence-electron chi connectivity index (χ3n) is 5.71. The maximum Gasteiger partial charge on any atom is 0.433 e. The third-order valence-corrected chi connectivity index (χ3v) is 5.71. The second-order valence-corrected chi connectivity index (χ2v) is 8.18. The van der Waals surface area contributed by atoms with E-state index in [1.54, 1.807) is 19.1 Å². The molecule has 1 aliphatic carbocycles. The SMILES string of the molecule is Cc1cc(C(F)(F)F)n(-c2ccc(Cc3ccc(-c4ccccc4C4CC4)[nH]3)cc2)n1. The van der Waals surface area contributed by atoms with E-state index in [1.807, 2.05) is 12.1 Å². The molecule has 5 rings (SSSR count). The van der Waals surface area contributed by atoms with Crippen LogP contribution in [0, 0.1) is 6.92 Å². The first-order valence-corrected chi connectivity index (χ1v) is 10.4. The molecule has 3 nitrogen and oxygen atoms in total. The molecule has 1 saturated carbocycles. The van der Waals surface area contributed by atoms with Gasteiger partial charge in [0, 0.05) is 23.4 Å². The fourth-order valence-corrected chi connectivity index (χ4v) is 4.07. The molecule has 0 radical (unpaired) electrons. The summed E-state index contributed by atoms with van der Waals surface area (Å²) in [5, 5.41) is 4.02. The second kappa shape index (κ2) is 7.45. The van der Waals surface area contributed by atoms with E-state index in [0.29, 0.717) is 23.7 Å². The van der Waals surface area contributed by atoms with Gasteiger partial charge in [-0.05, 0) is 67.1 Å². The minimum Gasteiger partial charge on any atom is -0.358 e. The van der Waals surface area contributed by atoms with Crippen molar-refractivity contribution in [1.82, 2.24) is 14.8 Å². The quantitative estimate of drug-likeness (QED) is 0.384. The zero-order valence-corrected chi connectivity index (χ0v) is 17.1. The molecular formula is C25H22F3N3. The highest BCUT2D eigenvalue weighted by Gasteiger charge is 2.35. The summed E-state index contributed by atoms with van der Waals surface area (Å²) in [6, 6.07) is 20.8. The fraction of sp³-hybridized carbons (Fsp3) is 0.240. The minimum atomic E-state index is -4.45. The number of hydrogen-bond donors (Lipinski definition) is 1. The summed E-state index contributed by atoms with van der Waals surface area (Å²) in [7, 11) is 0. The van der Waals surface area contributed by atoms with Gasteiger partial charge in [-0.1, -0.05) is 36.4 Å². The first-order valence-electron chi connectivity index (χ1n) is 10.4. The Morgan fingerprint density at radius 1 is 1.00 bits per heavy atom. The lowest BCUT2D eigenvalue weighted by Crippen LogP contribution is -2.13. The van der Waals surface area contributed by atoms with Gasteiger partial charge in [0.1, 0.15) is 5.69 Å². The first kappa shape index (κ1) is 19.7. The van der Waals surface area contributed by atoms with Gasteiger partial charge in [0.2, 0.25) is 0 Å². The van der Waals surface area contributed by atoms with Gasteiger partial charge in [0.25, 0.3) is 0 Å². The highest BCUT2D eigenvalue weighted by atomic mass is 19.4. The van der Waals surface area contributed by atoms with Crippen molar-refractivity contribution in [3.8, 4) is 16.9 Å². The van der Waals surface area contributed by atoms with Gasteiger partial charge < -0.3 is 4.98 Å². The molecule has 0 amide bonds. The number of rotatable bonds is 5. The minimum absolute atomic E-state index is 0.335. The molecule has 1 N–H and O–H groups in total. The molecule has 158 valence electrons. The molecule has 0 aliphatic heterocycles. The van der Waals surface area contributed by atoms with E-state index >= 15 is 0 Å². The van der Waals surface area contributed by atoms with Crippen molar-refractivity contribution in [2.24, 2.45) is 0 Å². The molecule has 2 aromatic carbocycles. The number of benzene rings is 2. The molecule has 2 aromatic heterocycles. The van der Waals surface area contributed by atoms with Gasteiger partial charge >= 0.3 is 6.18 Å². The lowest BCUT2D eigenvalue weighted by atomic mass is 10.0. The Labute approximate surface area is 178 Å². The van der Waals surface area contributed by atoms with Crippen LogP contribution in [0.5, 0.6) is 0 Å². The summed E-state index contributed by atoms with van der Waals surface area (Å²) < 4.78 is 40.8. The van der Waals surface area contributed by atoms with Gasteiger partial charge in [-0.15, -0.1) is 0 Å². The van der Waals surface area contributed by atoms with Crippen LogP contribution in [0.1, 0.15) is 47.0 Å². The van der Waals surface area contributed by atoms with Crippen LogP contribution < -0.4 is 0 Å². The van der Waals surface area contributed by atoms with Crippen molar-refractivity contribution in [2.75, 3.05) is 0 Å². The van der Waals surface area contributed by atoms with Crippen LogP contribution in [-0.4, -0.2) is 14.8 Å². The molecular weight excluding hydrogens is 399 g/mol. The molecule has 4 aromatic rings. The highest BCUT2D eigenvalue weighted by molar-refractivity contribution is 5.66. The van der Waals surface area contributed by atoms with E-state index in [2.05, 4.69) is 46.5 Å². The van der Waals surface area contributed by atoms with Crippen molar-refractivity contribution < 1.29 is 13.2 Å². The summed E-state index contributed by atoms with van der Waals surface area (Å²) in [5.41, 5.74) is 5.81. The molecule has 1 aliphatic rings. The molecule has 0 unspecified atom stereocenters. The Bertz CT molecular complexity index is 1210. The largest absolute Gasteiger partial charge is 0.433 e. The zero-order chi connectivity index (χ0) is 21.6.